The SMILES string of the molecule is c1ccc(-c2ccc3c(c2)c2cc(-c4ccc(N(c5ccccc5)c5ccc(-c6ccc7c8ccccc8c8ccccc8c7c6)cc5)cc4)ccc2n3-c2ccccc2)cc1.c1ccc(N(c2ccc(-c3ccc4c5ccccc5c5ccccc5c4c3)cc2)c2ccc(-c3ccc4c(c3)c3ccccc3n4-c3ccccc3)cc2)cc1. The summed E-state index contributed by atoms with van der Waals surface area (Å²) in [6.45, 7) is 0. The van der Waals surface area contributed by atoms with Gasteiger partial charge in [0.05, 0.1) is 22.1 Å². The highest BCUT2D eigenvalue weighted by Crippen LogP contribution is 2.46. The lowest BCUT2D eigenvalue weighted by Gasteiger charge is -2.26. The fraction of sp³-hybridized carbons (Fsp3) is 0. The Kier molecular flexibility index (Phi) is 17.2. The van der Waals surface area contributed by atoms with Gasteiger partial charge in [0, 0.05) is 67.0 Å². The third kappa shape index (κ3) is 12.3. The Morgan fingerprint density at radius 1 is 0.119 bits per heavy atom. The van der Waals surface area contributed by atoms with E-state index in [0.29, 0.717) is 0 Å². The van der Waals surface area contributed by atoms with Gasteiger partial charge in [-0.25, -0.2) is 0 Å². The van der Waals surface area contributed by atoms with Crippen molar-refractivity contribution in [2.24, 2.45) is 0 Å². The number of nitrogens with zero attached hydrogens (tertiary/aromatic N) is 4. The number of benzene rings is 21. The monoisotopic (exact) mass is 1500 g/mol. The molecule has 0 N–H and O–H groups in total. The molecule has 2 aromatic heterocycles. The third-order valence-corrected chi connectivity index (χ3v) is 23.9. The zero-order valence-corrected chi connectivity index (χ0v) is 64.7. The molecule has 23 aromatic rings. The van der Waals surface area contributed by atoms with E-state index in [1.54, 1.807) is 0 Å². The molecule has 4 heteroatoms. The number of fused-ring (bicyclic) bond motifs is 18. The molecule has 118 heavy (non-hydrogen) atoms. The number of anilines is 6. The van der Waals surface area contributed by atoms with Gasteiger partial charge in [-0.15, -0.1) is 0 Å². The van der Waals surface area contributed by atoms with Crippen LogP contribution in [0.5, 0.6) is 0 Å². The minimum atomic E-state index is 1.10. The second-order valence-corrected chi connectivity index (χ2v) is 30.7. The molecule has 552 valence electrons. The number of rotatable bonds is 13. The van der Waals surface area contributed by atoms with E-state index in [1.807, 2.05) is 0 Å². The van der Waals surface area contributed by atoms with Gasteiger partial charge in [0.15, 0.2) is 0 Å². The van der Waals surface area contributed by atoms with Crippen LogP contribution in [-0.4, -0.2) is 9.13 Å². The molecular weight excluding hydrogens is 1430 g/mol. The van der Waals surface area contributed by atoms with Crippen LogP contribution in [0.1, 0.15) is 0 Å². The third-order valence-electron chi connectivity index (χ3n) is 23.9. The smallest absolute Gasteiger partial charge is 0.0541 e. The Morgan fingerprint density at radius 2 is 0.314 bits per heavy atom. The van der Waals surface area contributed by atoms with E-state index in [1.165, 1.54) is 170 Å². The predicted octanol–water partition coefficient (Wildman–Crippen LogP) is 31.8. The van der Waals surface area contributed by atoms with Crippen LogP contribution in [0.15, 0.2) is 461 Å². The average Bonchev–Trinajstić information content (AvgIpc) is 1.44. The summed E-state index contributed by atoms with van der Waals surface area (Å²) in [6.07, 6.45) is 0. The summed E-state index contributed by atoms with van der Waals surface area (Å²) in [5.41, 5.74) is 25.8. The van der Waals surface area contributed by atoms with Crippen LogP contribution in [0.2, 0.25) is 0 Å². The van der Waals surface area contributed by atoms with E-state index >= 15 is 0 Å². The first-order valence-electron chi connectivity index (χ1n) is 40.6. The molecule has 0 aliphatic rings. The molecule has 0 unspecified atom stereocenters. The fourth-order valence-electron chi connectivity index (χ4n) is 18.3. The van der Waals surface area contributed by atoms with Gasteiger partial charge < -0.3 is 18.9 Å². The van der Waals surface area contributed by atoms with Crippen LogP contribution in [0.4, 0.5) is 34.1 Å². The van der Waals surface area contributed by atoms with Gasteiger partial charge in [0.2, 0.25) is 0 Å². The summed E-state index contributed by atoms with van der Waals surface area (Å²) in [6, 6.07) is 168. The normalized spacial score (nSPS) is 11.6. The zero-order chi connectivity index (χ0) is 78.0. The molecule has 0 saturated carbocycles. The molecule has 0 saturated heterocycles. The Bertz CT molecular complexity index is 7660. The van der Waals surface area contributed by atoms with Crippen molar-refractivity contribution in [3.05, 3.63) is 461 Å². The Labute approximate surface area is 684 Å². The van der Waals surface area contributed by atoms with Crippen LogP contribution in [-0.2, 0) is 0 Å². The van der Waals surface area contributed by atoms with Crippen molar-refractivity contribution >= 4 is 142 Å². The second-order valence-electron chi connectivity index (χ2n) is 30.7. The van der Waals surface area contributed by atoms with Crippen molar-refractivity contribution in [1.82, 2.24) is 9.13 Å². The molecule has 4 nitrogen and oxygen atoms in total. The lowest BCUT2D eigenvalue weighted by molar-refractivity contribution is 1.18. The molecular formula is C114H76N4. The van der Waals surface area contributed by atoms with Gasteiger partial charge in [-0.2, -0.15) is 0 Å². The van der Waals surface area contributed by atoms with E-state index in [4.69, 9.17) is 0 Å². The molecule has 23 rings (SSSR count). The standard InChI is InChI=1S/C60H40N2.C54H36N2/c1-4-14-41(15-5-1)45-29-36-59-57(39-45)58-40-46(30-37-60(58)62(59)48-18-8-3-9-19-48)43-26-33-50(34-27-43)61(47-16-6-2-7-17-47)49-31-24-42(25-32-49)44-28-35-55-53-22-11-10-20-51(53)52-21-12-13-23-54(52)56(55)38-44;1-3-13-41(14-4-1)55(43-29-23-37(24-30-43)39-27-33-49-47-19-8-7-17-45(47)46-18-9-10-20-48(46)51(49)35-39)44-31-25-38(26-32-44)40-28-34-54-52(36-40)50-21-11-12-22-53(50)56(54)42-15-5-2-6-16-42/h1-40H;1-36H. The Morgan fingerprint density at radius 3 is 0.627 bits per heavy atom. The van der Waals surface area contributed by atoms with Crippen LogP contribution in [0.25, 0.3) is 175 Å². The maximum absolute atomic E-state index is 2.39. The van der Waals surface area contributed by atoms with E-state index < -0.39 is 0 Å². The van der Waals surface area contributed by atoms with Crippen LogP contribution < -0.4 is 9.80 Å². The molecule has 21 aromatic carbocycles. The van der Waals surface area contributed by atoms with E-state index in [-0.39, 0.29) is 0 Å². The average molecular weight is 1500 g/mol. The minimum absolute atomic E-state index is 1.10. The van der Waals surface area contributed by atoms with Crippen molar-refractivity contribution in [2.75, 3.05) is 9.80 Å². The first kappa shape index (κ1) is 69.1. The van der Waals surface area contributed by atoms with Gasteiger partial charge in [-0.3, -0.25) is 0 Å². The van der Waals surface area contributed by atoms with Crippen LogP contribution in [0, 0.1) is 0 Å². The molecule has 0 atom stereocenters. The Hall–Kier alpha value is -15.6. The highest BCUT2D eigenvalue weighted by molar-refractivity contribution is 6.27. The molecule has 0 fully saturated rings. The van der Waals surface area contributed by atoms with Crippen LogP contribution >= 0.6 is 0 Å². The largest absolute Gasteiger partial charge is 0.311 e. The van der Waals surface area contributed by atoms with Crippen LogP contribution in [0.3, 0.4) is 0 Å². The Balaban J connectivity index is 0.000000143. The molecule has 0 bridgehead atoms. The quantitative estimate of drug-likeness (QED) is 0.107. The van der Waals surface area contributed by atoms with Crippen molar-refractivity contribution in [1.29, 1.82) is 0 Å². The van der Waals surface area contributed by atoms with Gasteiger partial charge in [0.1, 0.15) is 0 Å². The van der Waals surface area contributed by atoms with Gasteiger partial charge in [0.25, 0.3) is 0 Å². The topological polar surface area (TPSA) is 16.3 Å². The molecule has 0 amide bonds. The maximum Gasteiger partial charge on any atom is 0.0541 e. The zero-order valence-electron chi connectivity index (χ0n) is 64.7. The van der Waals surface area contributed by atoms with Gasteiger partial charge in [-0.05, 0) is 272 Å². The molecule has 0 radical (unpaired) electrons. The fourth-order valence-corrected chi connectivity index (χ4v) is 18.3. The van der Waals surface area contributed by atoms with Crippen molar-refractivity contribution < 1.29 is 0 Å². The summed E-state index contributed by atoms with van der Waals surface area (Å²) >= 11 is 0. The van der Waals surface area contributed by atoms with Crippen molar-refractivity contribution in [2.45, 2.75) is 0 Å². The lowest BCUT2D eigenvalue weighted by Crippen LogP contribution is -2.09. The second kappa shape index (κ2) is 29.4. The maximum atomic E-state index is 2.39. The van der Waals surface area contributed by atoms with Gasteiger partial charge >= 0.3 is 0 Å². The summed E-state index contributed by atoms with van der Waals surface area (Å²) in [4.78, 5) is 4.68. The van der Waals surface area contributed by atoms with E-state index in [9.17, 15) is 0 Å². The van der Waals surface area contributed by atoms with Crippen molar-refractivity contribution in [3.8, 4) is 67.0 Å². The lowest BCUT2D eigenvalue weighted by atomic mass is 9.92. The van der Waals surface area contributed by atoms with Gasteiger partial charge in [-0.1, -0.05) is 309 Å². The summed E-state index contributed by atoms with van der Waals surface area (Å²) in [7, 11) is 0. The first-order chi connectivity index (χ1) is 58.5. The molecule has 0 spiro atoms. The number of hydrogen-bond acceptors (Lipinski definition) is 2. The van der Waals surface area contributed by atoms with E-state index in [0.717, 1.165) is 39.8 Å². The molecule has 0 aliphatic carbocycles. The highest BCUT2D eigenvalue weighted by atomic mass is 15.1. The summed E-state index contributed by atoms with van der Waals surface area (Å²) in [5.74, 6) is 0. The highest BCUT2D eigenvalue weighted by Gasteiger charge is 2.21. The number of para-hydroxylation sites is 5. The van der Waals surface area contributed by atoms with Crippen molar-refractivity contribution in [3.63, 3.8) is 0 Å². The number of aromatic nitrogens is 2. The summed E-state index contributed by atoms with van der Waals surface area (Å²) in [5, 5.41) is 20.5. The predicted molar refractivity (Wildman–Crippen MR) is 503 cm³/mol. The van der Waals surface area contributed by atoms with E-state index in [2.05, 4.69) is 480 Å². The molecule has 0 aliphatic heterocycles. The number of hydrogen-bond donors (Lipinski definition) is 0. The summed E-state index contributed by atoms with van der Waals surface area (Å²) < 4.78 is 4.75. The minimum Gasteiger partial charge on any atom is -0.311 e. The first-order valence-corrected chi connectivity index (χ1v) is 40.6. The molecule has 2 heterocycles.